The second kappa shape index (κ2) is 5.04. The number of nitrogens with zero attached hydrogens (tertiary/aromatic N) is 1. The summed E-state index contributed by atoms with van der Waals surface area (Å²) in [6.07, 6.45) is 2.76. The Hall–Kier alpha value is -0.810. The molecule has 0 saturated carbocycles. The molecule has 0 amide bonds. The Bertz CT molecular complexity index is 320. The summed E-state index contributed by atoms with van der Waals surface area (Å²) in [5.41, 5.74) is 1.01. The van der Waals surface area contributed by atoms with Gasteiger partial charge in [0.25, 0.3) is 0 Å². The van der Waals surface area contributed by atoms with E-state index in [0.717, 1.165) is 16.1 Å². The Morgan fingerprint density at radius 1 is 1.85 bits per heavy atom. The van der Waals surface area contributed by atoms with Gasteiger partial charge in [0.05, 0.1) is 0 Å². The Kier molecular flexibility index (Phi) is 3.98. The molecule has 0 aliphatic heterocycles. The first-order valence-corrected chi connectivity index (χ1v) is 5.49. The topological polar surface area (TPSA) is 50.2 Å². The number of aryl methyl sites for hydroxylation is 1. The van der Waals surface area contributed by atoms with Gasteiger partial charge in [-0.2, -0.15) is 0 Å². The van der Waals surface area contributed by atoms with Crippen LogP contribution in [0.15, 0.2) is 21.9 Å². The summed E-state index contributed by atoms with van der Waals surface area (Å²) in [5, 5.41) is 10.3. The van der Waals surface area contributed by atoms with E-state index >= 15 is 0 Å². The van der Waals surface area contributed by atoms with Gasteiger partial charge in [-0.1, -0.05) is 17.8 Å². The fourth-order valence-electron chi connectivity index (χ4n) is 0.667. The standard InChI is InChI=1S/C8H9NO2S2/c1-6-5-13-8(9-6)12-4-2-3-7(10)11/h2-3,5H,4H2,1H3,(H,10,11)/b3-2+. The minimum atomic E-state index is -0.907. The molecule has 1 aromatic rings. The van der Waals surface area contributed by atoms with Crippen LogP contribution in [0.3, 0.4) is 0 Å². The van der Waals surface area contributed by atoms with Crippen LogP contribution in [0.25, 0.3) is 0 Å². The Labute approximate surface area is 84.5 Å². The van der Waals surface area contributed by atoms with Crippen molar-refractivity contribution in [1.29, 1.82) is 0 Å². The fraction of sp³-hybridized carbons (Fsp3) is 0.250. The molecule has 1 aromatic heterocycles. The molecule has 0 radical (unpaired) electrons. The highest BCUT2D eigenvalue weighted by atomic mass is 32.2. The van der Waals surface area contributed by atoms with E-state index in [2.05, 4.69) is 4.98 Å². The normalized spacial score (nSPS) is 10.8. The van der Waals surface area contributed by atoms with Crippen LogP contribution in [-0.2, 0) is 4.79 Å². The summed E-state index contributed by atoms with van der Waals surface area (Å²) in [5.74, 6) is -0.255. The lowest BCUT2D eigenvalue weighted by Crippen LogP contribution is -1.86. The number of carboxylic acid groups (broad SMARTS) is 1. The first-order chi connectivity index (χ1) is 6.18. The van der Waals surface area contributed by atoms with E-state index in [1.54, 1.807) is 29.2 Å². The van der Waals surface area contributed by atoms with Gasteiger partial charge in [-0.05, 0) is 6.92 Å². The third kappa shape index (κ3) is 4.10. The number of carboxylic acids is 1. The Morgan fingerprint density at radius 3 is 3.15 bits per heavy atom. The van der Waals surface area contributed by atoms with Crippen LogP contribution in [0.4, 0.5) is 0 Å². The van der Waals surface area contributed by atoms with E-state index in [4.69, 9.17) is 5.11 Å². The molecule has 0 aromatic carbocycles. The lowest BCUT2D eigenvalue weighted by molar-refractivity contribution is -0.131. The molecule has 0 bridgehead atoms. The summed E-state index contributed by atoms with van der Waals surface area (Å²) < 4.78 is 0.979. The Balaban J connectivity index is 2.31. The van der Waals surface area contributed by atoms with Gasteiger partial charge in [-0.3, -0.25) is 0 Å². The molecule has 0 aliphatic carbocycles. The summed E-state index contributed by atoms with van der Waals surface area (Å²) in [7, 11) is 0. The molecule has 1 heterocycles. The maximum absolute atomic E-state index is 10.1. The molecular formula is C8H9NO2S2. The minimum absolute atomic E-state index is 0.652. The molecule has 1 rings (SSSR count). The van der Waals surface area contributed by atoms with Crippen molar-refractivity contribution in [1.82, 2.24) is 4.98 Å². The molecule has 0 aliphatic rings. The van der Waals surface area contributed by atoms with Crippen LogP contribution in [0.2, 0.25) is 0 Å². The molecular weight excluding hydrogens is 206 g/mol. The van der Waals surface area contributed by atoms with Crippen LogP contribution in [0.1, 0.15) is 5.69 Å². The molecule has 3 nitrogen and oxygen atoms in total. The largest absolute Gasteiger partial charge is 0.478 e. The predicted octanol–water partition coefficient (Wildman–Crippen LogP) is 2.18. The van der Waals surface area contributed by atoms with Gasteiger partial charge in [0, 0.05) is 22.9 Å². The lowest BCUT2D eigenvalue weighted by atomic mass is 10.5. The second-order valence-corrected chi connectivity index (χ2v) is 4.43. The van der Waals surface area contributed by atoms with E-state index in [1.165, 1.54) is 0 Å². The van der Waals surface area contributed by atoms with Crippen molar-refractivity contribution in [2.45, 2.75) is 11.3 Å². The fourth-order valence-corrected chi connectivity index (χ4v) is 2.35. The summed E-state index contributed by atoms with van der Waals surface area (Å²) in [4.78, 5) is 14.3. The van der Waals surface area contributed by atoms with Crippen molar-refractivity contribution in [3.8, 4) is 0 Å². The van der Waals surface area contributed by atoms with E-state index in [0.29, 0.717) is 5.75 Å². The van der Waals surface area contributed by atoms with Crippen molar-refractivity contribution in [3.05, 3.63) is 23.2 Å². The number of aromatic nitrogens is 1. The van der Waals surface area contributed by atoms with Crippen molar-refractivity contribution < 1.29 is 9.90 Å². The number of hydrogen-bond acceptors (Lipinski definition) is 4. The zero-order valence-corrected chi connectivity index (χ0v) is 8.69. The quantitative estimate of drug-likeness (QED) is 0.618. The van der Waals surface area contributed by atoms with Crippen LogP contribution in [0.5, 0.6) is 0 Å². The molecule has 1 N–H and O–H groups in total. The zero-order valence-electron chi connectivity index (χ0n) is 7.06. The molecule has 0 atom stereocenters. The van der Waals surface area contributed by atoms with E-state index in [1.807, 2.05) is 12.3 Å². The molecule has 13 heavy (non-hydrogen) atoms. The SMILES string of the molecule is Cc1csc(SC/C=C/C(=O)O)n1. The maximum atomic E-state index is 10.1. The predicted molar refractivity (Wildman–Crippen MR) is 54.4 cm³/mol. The highest BCUT2D eigenvalue weighted by Crippen LogP contribution is 2.21. The van der Waals surface area contributed by atoms with Gasteiger partial charge < -0.3 is 5.11 Å². The van der Waals surface area contributed by atoms with Gasteiger partial charge in [0.1, 0.15) is 4.34 Å². The van der Waals surface area contributed by atoms with Crippen LogP contribution < -0.4 is 0 Å². The van der Waals surface area contributed by atoms with Gasteiger partial charge >= 0.3 is 5.97 Å². The number of thiazole rings is 1. The van der Waals surface area contributed by atoms with Gasteiger partial charge in [-0.25, -0.2) is 9.78 Å². The van der Waals surface area contributed by atoms with E-state index in [-0.39, 0.29) is 0 Å². The molecule has 0 unspecified atom stereocenters. The average molecular weight is 215 g/mol. The maximum Gasteiger partial charge on any atom is 0.328 e. The van der Waals surface area contributed by atoms with Gasteiger partial charge in [0.15, 0.2) is 0 Å². The first-order valence-electron chi connectivity index (χ1n) is 3.63. The van der Waals surface area contributed by atoms with Crippen LogP contribution >= 0.6 is 23.1 Å². The number of aliphatic carboxylic acids is 1. The molecule has 70 valence electrons. The number of carbonyl (C=O) groups is 1. The van der Waals surface area contributed by atoms with Crippen molar-refractivity contribution >= 4 is 29.1 Å². The minimum Gasteiger partial charge on any atom is -0.478 e. The summed E-state index contributed by atoms with van der Waals surface area (Å²) in [6.45, 7) is 1.94. The highest BCUT2D eigenvalue weighted by molar-refractivity contribution is 8.01. The Morgan fingerprint density at radius 2 is 2.62 bits per heavy atom. The van der Waals surface area contributed by atoms with Crippen molar-refractivity contribution in [2.24, 2.45) is 0 Å². The number of thioether (sulfide) groups is 1. The molecule has 0 fully saturated rings. The van der Waals surface area contributed by atoms with Gasteiger partial charge in [-0.15, -0.1) is 11.3 Å². The molecule has 0 saturated heterocycles. The van der Waals surface area contributed by atoms with E-state index in [9.17, 15) is 4.79 Å². The summed E-state index contributed by atoms with van der Waals surface area (Å²) >= 11 is 3.12. The molecule has 5 heteroatoms. The third-order valence-electron chi connectivity index (χ3n) is 1.16. The lowest BCUT2D eigenvalue weighted by Gasteiger charge is -1.88. The van der Waals surface area contributed by atoms with Crippen LogP contribution in [-0.4, -0.2) is 21.8 Å². The second-order valence-electron chi connectivity index (χ2n) is 2.31. The monoisotopic (exact) mass is 215 g/mol. The molecule has 0 spiro atoms. The van der Waals surface area contributed by atoms with Gasteiger partial charge in [0.2, 0.25) is 0 Å². The smallest absolute Gasteiger partial charge is 0.328 e. The number of rotatable bonds is 4. The van der Waals surface area contributed by atoms with Crippen molar-refractivity contribution in [2.75, 3.05) is 5.75 Å². The van der Waals surface area contributed by atoms with Crippen LogP contribution in [0, 0.1) is 6.92 Å². The summed E-state index contributed by atoms with van der Waals surface area (Å²) in [6, 6.07) is 0. The average Bonchev–Trinajstić information content (AvgIpc) is 2.45. The van der Waals surface area contributed by atoms with E-state index < -0.39 is 5.97 Å². The highest BCUT2D eigenvalue weighted by Gasteiger charge is 1.96. The first kappa shape index (κ1) is 10.3. The zero-order chi connectivity index (χ0) is 9.68. The van der Waals surface area contributed by atoms with Crippen molar-refractivity contribution in [3.63, 3.8) is 0 Å². The number of hydrogen-bond donors (Lipinski definition) is 1. The third-order valence-corrected chi connectivity index (χ3v) is 3.25.